The van der Waals surface area contributed by atoms with Gasteiger partial charge in [0.15, 0.2) is 0 Å². The molecule has 0 atom stereocenters. The van der Waals surface area contributed by atoms with E-state index in [1.807, 2.05) is 61.5 Å². The lowest BCUT2D eigenvalue weighted by Crippen LogP contribution is -2.34. The van der Waals surface area contributed by atoms with Crippen LogP contribution in [0.3, 0.4) is 0 Å². The Kier molecular flexibility index (Phi) is 4.65. The van der Waals surface area contributed by atoms with Crippen LogP contribution >= 0.6 is 0 Å². The van der Waals surface area contributed by atoms with Gasteiger partial charge in [0.25, 0.3) is 0 Å². The van der Waals surface area contributed by atoms with E-state index in [2.05, 4.69) is 5.32 Å². The minimum Gasteiger partial charge on any atom is -0.493 e. The van der Waals surface area contributed by atoms with Gasteiger partial charge in [0.05, 0.1) is 13.0 Å². The molecule has 1 aliphatic rings. The maximum atomic E-state index is 12.2. The van der Waals surface area contributed by atoms with E-state index in [9.17, 15) is 4.79 Å². The third kappa shape index (κ3) is 4.35. The van der Waals surface area contributed by atoms with E-state index in [-0.39, 0.29) is 11.3 Å². The summed E-state index contributed by atoms with van der Waals surface area (Å²) in [5.74, 6) is 0.982. The van der Waals surface area contributed by atoms with Crippen molar-refractivity contribution in [2.24, 2.45) is 5.41 Å². The van der Waals surface area contributed by atoms with Crippen molar-refractivity contribution in [1.29, 1.82) is 0 Å². The number of nitrogens with one attached hydrogen (secondary N) is 1. The molecule has 2 aromatic rings. The summed E-state index contributed by atoms with van der Waals surface area (Å²) in [6, 6.07) is 17.9. The summed E-state index contributed by atoms with van der Waals surface area (Å²) in [4.78, 5) is 12.2. The molecule has 0 aliphatic heterocycles. The molecule has 1 aliphatic carbocycles. The topological polar surface area (TPSA) is 38.3 Å². The Bertz CT molecular complexity index is 662. The van der Waals surface area contributed by atoms with Gasteiger partial charge in [0.1, 0.15) is 5.75 Å². The summed E-state index contributed by atoms with van der Waals surface area (Å²) >= 11 is 0. The highest BCUT2D eigenvalue weighted by Crippen LogP contribution is 2.45. The Morgan fingerprint density at radius 1 is 1.09 bits per heavy atom. The van der Waals surface area contributed by atoms with Crippen LogP contribution in [0.4, 0.5) is 0 Å². The number of ether oxygens (including phenoxy) is 1. The van der Waals surface area contributed by atoms with E-state index in [4.69, 9.17) is 4.74 Å². The van der Waals surface area contributed by atoms with Crippen LogP contribution in [0.15, 0.2) is 54.6 Å². The maximum Gasteiger partial charge on any atom is 0.224 e. The van der Waals surface area contributed by atoms with Crippen molar-refractivity contribution >= 4 is 5.91 Å². The number of rotatable bonds is 7. The van der Waals surface area contributed by atoms with Crippen LogP contribution in [-0.2, 0) is 11.2 Å². The van der Waals surface area contributed by atoms with Gasteiger partial charge in [0.2, 0.25) is 5.91 Å². The number of para-hydroxylation sites is 1. The van der Waals surface area contributed by atoms with Crippen molar-refractivity contribution < 1.29 is 9.53 Å². The standard InChI is InChI=1S/C20H23NO2/c1-16-7-5-6-8-17(16)13-19(22)21-14-20(11-12-20)15-23-18-9-3-2-4-10-18/h2-10H,11-15H2,1H3,(H,21,22). The summed E-state index contributed by atoms with van der Waals surface area (Å²) in [5, 5.41) is 3.08. The Hall–Kier alpha value is -2.29. The molecule has 23 heavy (non-hydrogen) atoms. The van der Waals surface area contributed by atoms with E-state index >= 15 is 0 Å². The molecule has 2 aromatic carbocycles. The minimum atomic E-state index is 0.0882. The molecule has 0 heterocycles. The number of hydrogen-bond acceptors (Lipinski definition) is 2. The van der Waals surface area contributed by atoms with E-state index < -0.39 is 0 Å². The summed E-state index contributed by atoms with van der Waals surface area (Å²) < 4.78 is 5.85. The molecule has 3 nitrogen and oxygen atoms in total. The summed E-state index contributed by atoms with van der Waals surface area (Å²) in [6.45, 7) is 3.41. The number of benzene rings is 2. The summed E-state index contributed by atoms with van der Waals surface area (Å²) in [7, 11) is 0. The third-order valence-electron chi connectivity index (χ3n) is 4.52. The Morgan fingerprint density at radius 2 is 1.78 bits per heavy atom. The van der Waals surface area contributed by atoms with Crippen LogP contribution in [0.1, 0.15) is 24.0 Å². The number of aryl methyl sites for hydroxylation is 1. The van der Waals surface area contributed by atoms with Gasteiger partial charge in [-0.05, 0) is 43.0 Å². The van der Waals surface area contributed by atoms with Crippen LogP contribution in [0.2, 0.25) is 0 Å². The lowest BCUT2D eigenvalue weighted by atomic mass is 10.0. The molecule has 1 amide bonds. The molecule has 0 bridgehead atoms. The van der Waals surface area contributed by atoms with Crippen LogP contribution in [0, 0.1) is 12.3 Å². The highest BCUT2D eigenvalue weighted by molar-refractivity contribution is 5.79. The predicted molar refractivity (Wildman–Crippen MR) is 91.5 cm³/mol. The van der Waals surface area contributed by atoms with E-state index in [1.165, 1.54) is 0 Å². The van der Waals surface area contributed by atoms with Crippen molar-refractivity contribution in [3.63, 3.8) is 0 Å². The van der Waals surface area contributed by atoms with Crippen molar-refractivity contribution in [1.82, 2.24) is 5.32 Å². The highest BCUT2D eigenvalue weighted by Gasteiger charge is 2.43. The maximum absolute atomic E-state index is 12.2. The molecule has 1 fully saturated rings. The minimum absolute atomic E-state index is 0.0882. The zero-order chi connectivity index (χ0) is 16.1. The van der Waals surface area contributed by atoms with Crippen LogP contribution in [0.25, 0.3) is 0 Å². The average Bonchev–Trinajstić information content (AvgIpc) is 3.35. The van der Waals surface area contributed by atoms with Gasteiger partial charge in [0, 0.05) is 12.0 Å². The molecule has 3 heteroatoms. The Balaban J connectivity index is 1.46. The van der Waals surface area contributed by atoms with Gasteiger partial charge in [-0.3, -0.25) is 4.79 Å². The smallest absolute Gasteiger partial charge is 0.224 e. The molecule has 1 N–H and O–H groups in total. The molecule has 120 valence electrons. The molecular formula is C20H23NO2. The first-order chi connectivity index (χ1) is 11.2. The number of amides is 1. The highest BCUT2D eigenvalue weighted by atomic mass is 16.5. The fourth-order valence-electron chi connectivity index (χ4n) is 2.63. The van der Waals surface area contributed by atoms with E-state index in [1.54, 1.807) is 0 Å². The lowest BCUT2D eigenvalue weighted by molar-refractivity contribution is -0.120. The SMILES string of the molecule is Cc1ccccc1CC(=O)NCC1(COc2ccccc2)CC1. The van der Waals surface area contributed by atoms with Crippen molar-refractivity contribution in [2.75, 3.05) is 13.2 Å². The molecule has 0 aromatic heterocycles. The molecule has 0 radical (unpaired) electrons. The number of carbonyl (C=O) groups is 1. The molecule has 1 saturated carbocycles. The fourth-order valence-corrected chi connectivity index (χ4v) is 2.63. The second kappa shape index (κ2) is 6.86. The lowest BCUT2D eigenvalue weighted by Gasteiger charge is -2.17. The monoisotopic (exact) mass is 309 g/mol. The normalized spacial score (nSPS) is 15.0. The van der Waals surface area contributed by atoms with Gasteiger partial charge >= 0.3 is 0 Å². The first-order valence-corrected chi connectivity index (χ1v) is 8.16. The third-order valence-corrected chi connectivity index (χ3v) is 4.52. The fraction of sp³-hybridized carbons (Fsp3) is 0.350. The first-order valence-electron chi connectivity index (χ1n) is 8.16. The van der Waals surface area contributed by atoms with Gasteiger partial charge < -0.3 is 10.1 Å². The van der Waals surface area contributed by atoms with Crippen LogP contribution < -0.4 is 10.1 Å². The molecule has 0 saturated heterocycles. The van der Waals surface area contributed by atoms with E-state index in [0.29, 0.717) is 19.6 Å². The van der Waals surface area contributed by atoms with Crippen molar-refractivity contribution in [3.05, 3.63) is 65.7 Å². The van der Waals surface area contributed by atoms with Crippen LogP contribution in [0.5, 0.6) is 5.75 Å². The second-order valence-corrected chi connectivity index (χ2v) is 6.48. The van der Waals surface area contributed by atoms with Crippen molar-refractivity contribution in [3.8, 4) is 5.75 Å². The quantitative estimate of drug-likeness (QED) is 0.850. The Morgan fingerprint density at radius 3 is 2.48 bits per heavy atom. The van der Waals surface area contributed by atoms with Gasteiger partial charge in [-0.2, -0.15) is 0 Å². The zero-order valence-electron chi connectivity index (χ0n) is 13.5. The molecule has 3 rings (SSSR count). The van der Waals surface area contributed by atoms with Gasteiger partial charge in [-0.25, -0.2) is 0 Å². The van der Waals surface area contributed by atoms with Gasteiger partial charge in [-0.1, -0.05) is 42.5 Å². The number of carbonyl (C=O) groups excluding carboxylic acids is 1. The summed E-state index contributed by atoms with van der Waals surface area (Å²) in [5.41, 5.74) is 2.38. The summed E-state index contributed by atoms with van der Waals surface area (Å²) in [6.07, 6.45) is 2.68. The predicted octanol–water partition coefficient (Wildman–Crippen LogP) is 3.51. The first kappa shape index (κ1) is 15.6. The zero-order valence-corrected chi connectivity index (χ0v) is 13.5. The average molecular weight is 309 g/mol. The van der Waals surface area contributed by atoms with Gasteiger partial charge in [-0.15, -0.1) is 0 Å². The second-order valence-electron chi connectivity index (χ2n) is 6.48. The Labute approximate surface area is 137 Å². The van der Waals surface area contributed by atoms with Crippen LogP contribution in [-0.4, -0.2) is 19.1 Å². The molecule has 0 spiro atoms. The van der Waals surface area contributed by atoms with E-state index in [0.717, 1.165) is 29.7 Å². The molecular weight excluding hydrogens is 286 g/mol. The number of hydrogen-bond donors (Lipinski definition) is 1. The van der Waals surface area contributed by atoms with Crippen molar-refractivity contribution in [2.45, 2.75) is 26.2 Å². The largest absolute Gasteiger partial charge is 0.493 e. The molecule has 0 unspecified atom stereocenters.